The van der Waals surface area contributed by atoms with Crippen LogP contribution in [-0.4, -0.2) is 0 Å². The molecule has 0 bridgehead atoms. The van der Waals surface area contributed by atoms with E-state index in [1.807, 2.05) is 11.3 Å². The molecule has 1 aliphatic carbocycles. The van der Waals surface area contributed by atoms with Crippen LogP contribution >= 0.6 is 11.3 Å². The Labute approximate surface area is 299 Å². The monoisotopic (exact) mass is 669 g/mol. The number of hydrogen-bond acceptors (Lipinski definition) is 3. The Kier molecular flexibility index (Phi) is 6.59. The SMILES string of the molecule is CC(C)(C)c1cc(C(C)(C)C)c2oc3ccc(N(c4ccc5c(c4)C(C)(C)c4ccccc4-5)c4ccc5sc6ccccc6c5c4)cc3c2c1. The van der Waals surface area contributed by atoms with E-state index in [1.54, 1.807) is 0 Å². The van der Waals surface area contributed by atoms with E-state index in [-0.39, 0.29) is 16.2 Å². The zero-order valence-electron chi connectivity index (χ0n) is 30.2. The molecule has 0 aliphatic heterocycles. The van der Waals surface area contributed by atoms with Crippen molar-refractivity contribution < 1.29 is 4.42 Å². The largest absolute Gasteiger partial charge is 0.456 e. The normalized spacial score (nSPS) is 14.2. The number of rotatable bonds is 3. The molecule has 0 fully saturated rings. The van der Waals surface area contributed by atoms with Crippen molar-refractivity contribution in [2.75, 3.05) is 4.90 Å². The van der Waals surface area contributed by atoms with Gasteiger partial charge in [0.1, 0.15) is 11.2 Å². The second-order valence-electron chi connectivity index (χ2n) is 16.7. The summed E-state index contributed by atoms with van der Waals surface area (Å²) in [6.45, 7) is 18.5. The van der Waals surface area contributed by atoms with Crippen LogP contribution in [0.15, 0.2) is 120 Å². The van der Waals surface area contributed by atoms with Crippen molar-refractivity contribution in [2.45, 2.75) is 71.6 Å². The molecule has 0 spiro atoms. The average molecular weight is 670 g/mol. The first-order valence-corrected chi connectivity index (χ1v) is 18.6. The van der Waals surface area contributed by atoms with Crippen LogP contribution in [0.25, 0.3) is 53.2 Å². The summed E-state index contributed by atoms with van der Waals surface area (Å²) in [6.07, 6.45) is 0. The molecule has 3 heteroatoms. The smallest absolute Gasteiger partial charge is 0.139 e. The van der Waals surface area contributed by atoms with Crippen molar-refractivity contribution in [2.24, 2.45) is 0 Å². The highest BCUT2D eigenvalue weighted by atomic mass is 32.1. The van der Waals surface area contributed by atoms with Crippen LogP contribution in [0.3, 0.4) is 0 Å². The fourth-order valence-corrected chi connectivity index (χ4v) is 9.21. The molecule has 8 aromatic rings. The van der Waals surface area contributed by atoms with Crippen molar-refractivity contribution >= 4 is 70.5 Å². The maximum Gasteiger partial charge on any atom is 0.139 e. The third-order valence-electron chi connectivity index (χ3n) is 10.9. The summed E-state index contributed by atoms with van der Waals surface area (Å²) < 4.78 is 9.35. The Bertz CT molecular complexity index is 2650. The maximum absolute atomic E-state index is 6.73. The summed E-state index contributed by atoms with van der Waals surface area (Å²) in [7, 11) is 0. The van der Waals surface area contributed by atoms with Gasteiger partial charge in [0.2, 0.25) is 0 Å². The third-order valence-corrected chi connectivity index (χ3v) is 12.1. The van der Waals surface area contributed by atoms with Crippen molar-refractivity contribution in [3.05, 3.63) is 138 Å². The van der Waals surface area contributed by atoms with Gasteiger partial charge in [-0.15, -0.1) is 11.3 Å². The van der Waals surface area contributed by atoms with E-state index in [2.05, 4.69) is 176 Å². The fraction of sp³-hybridized carbons (Fsp3) is 0.234. The Morgan fingerprint density at radius 1 is 0.540 bits per heavy atom. The number of anilines is 3. The van der Waals surface area contributed by atoms with Crippen molar-refractivity contribution in [3.63, 3.8) is 0 Å². The lowest BCUT2D eigenvalue weighted by atomic mass is 9.79. The van der Waals surface area contributed by atoms with E-state index in [0.29, 0.717) is 0 Å². The molecule has 0 saturated heterocycles. The van der Waals surface area contributed by atoms with Crippen LogP contribution in [0.4, 0.5) is 17.1 Å². The van der Waals surface area contributed by atoms with Gasteiger partial charge < -0.3 is 9.32 Å². The van der Waals surface area contributed by atoms with Gasteiger partial charge in [-0.25, -0.2) is 0 Å². The molecule has 0 saturated carbocycles. The average Bonchev–Trinajstić information content (AvgIpc) is 3.71. The van der Waals surface area contributed by atoms with Gasteiger partial charge in [-0.1, -0.05) is 110 Å². The summed E-state index contributed by atoms with van der Waals surface area (Å²) in [4.78, 5) is 2.45. The van der Waals surface area contributed by atoms with Gasteiger partial charge in [-0.2, -0.15) is 0 Å². The second-order valence-corrected chi connectivity index (χ2v) is 17.8. The molecule has 0 N–H and O–H groups in total. The van der Waals surface area contributed by atoms with Gasteiger partial charge in [0.15, 0.2) is 0 Å². The minimum absolute atomic E-state index is 0.00888. The second kappa shape index (κ2) is 10.6. The van der Waals surface area contributed by atoms with Gasteiger partial charge in [-0.3, -0.25) is 0 Å². The zero-order chi connectivity index (χ0) is 34.7. The Morgan fingerprint density at radius 2 is 1.18 bits per heavy atom. The van der Waals surface area contributed by atoms with Crippen molar-refractivity contribution in [1.82, 2.24) is 0 Å². The van der Waals surface area contributed by atoms with Crippen LogP contribution < -0.4 is 4.90 Å². The van der Waals surface area contributed by atoms with Crippen LogP contribution in [0.1, 0.15) is 77.6 Å². The van der Waals surface area contributed by atoms with Gasteiger partial charge in [-0.05, 0) is 99.3 Å². The first kappa shape index (κ1) is 31.1. The summed E-state index contributed by atoms with van der Waals surface area (Å²) in [6, 6.07) is 43.2. The predicted molar refractivity (Wildman–Crippen MR) is 216 cm³/mol. The number of thiophene rings is 1. The van der Waals surface area contributed by atoms with E-state index < -0.39 is 0 Å². The van der Waals surface area contributed by atoms with E-state index in [9.17, 15) is 0 Å². The topological polar surface area (TPSA) is 16.4 Å². The van der Waals surface area contributed by atoms with E-state index in [4.69, 9.17) is 4.42 Å². The number of nitrogens with zero attached hydrogens (tertiary/aromatic N) is 1. The first-order valence-electron chi connectivity index (χ1n) is 17.8. The van der Waals surface area contributed by atoms with E-state index in [1.165, 1.54) is 58.9 Å². The molecule has 9 rings (SSSR count). The molecule has 2 aromatic heterocycles. The third kappa shape index (κ3) is 4.67. The molecule has 248 valence electrons. The van der Waals surface area contributed by atoms with Gasteiger partial charge in [0.05, 0.1) is 0 Å². The number of hydrogen-bond donors (Lipinski definition) is 0. The van der Waals surface area contributed by atoms with Crippen molar-refractivity contribution in [1.29, 1.82) is 0 Å². The lowest BCUT2D eigenvalue weighted by molar-refractivity contribution is 0.559. The maximum atomic E-state index is 6.73. The Balaban J connectivity index is 1.30. The number of benzene rings is 6. The fourth-order valence-electron chi connectivity index (χ4n) is 8.13. The highest BCUT2D eigenvalue weighted by Gasteiger charge is 2.36. The molecular weight excluding hydrogens is 627 g/mol. The van der Waals surface area contributed by atoms with E-state index in [0.717, 1.165) is 33.6 Å². The highest BCUT2D eigenvalue weighted by molar-refractivity contribution is 7.25. The minimum Gasteiger partial charge on any atom is -0.456 e. The van der Waals surface area contributed by atoms with Gasteiger partial charge in [0.25, 0.3) is 0 Å². The van der Waals surface area contributed by atoms with Crippen LogP contribution in [0, 0.1) is 0 Å². The summed E-state index contributed by atoms with van der Waals surface area (Å²) in [5.41, 5.74) is 13.2. The minimum atomic E-state index is -0.0987. The molecular formula is C47H43NOS. The Hall–Kier alpha value is -4.86. The molecule has 0 amide bonds. The zero-order valence-corrected chi connectivity index (χ0v) is 31.0. The standard InChI is InChI=1S/C47H43NOS/c1-45(2,3)28-23-37-35-25-29(18-21-41(35)49-44(37)40(24-28)46(4,5)6)48(30-19-22-43-36(26-30)34-14-10-12-16-42(34)50-43)31-17-20-33-32-13-9-11-15-38(32)47(7,8)39(33)27-31/h9-27H,1-8H3. The molecule has 50 heavy (non-hydrogen) atoms. The lowest BCUT2D eigenvalue weighted by Gasteiger charge is -2.28. The molecule has 0 radical (unpaired) electrons. The van der Waals surface area contributed by atoms with Gasteiger partial charge in [0, 0.05) is 59.0 Å². The van der Waals surface area contributed by atoms with Crippen LogP contribution in [0.5, 0.6) is 0 Å². The van der Waals surface area contributed by atoms with Crippen LogP contribution in [-0.2, 0) is 16.2 Å². The molecule has 2 heterocycles. The summed E-state index contributed by atoms with van der Waals surface area (Å²) >= 11 is 1.86. The predicted octanol–water partition coefficient (Wildman–Crippen LogP) is 14.3. The first-order chi connectivity index (χ1) is 23.8. The van der Waals surface area contributed by atoms with Crippen LogP contribution in [0.2, 0.25) is 0 Å². The Morgan fingerprint density at radius 3 is 1.96 bits per heavy atom. The lowest BCUT2D eigenvalue weighted by Crippen LogP contribution is -2.16. The van der Waals surface area contributed by atoms with Gasteiger partial charge >= 0.3 is 0 Å². The summed E-state index contributed by atoms with van der Waals surface area (Å²) in [5.74, 6) is 0. The molecule has 1 aliphatic rings. The molecule has 6 aromatic carbocycles. The quantitative estimate of drug-likeness (QED) is 0.186. The molecule has 0 unspecified atom stereocenters. The van der Waals surface area contributed by atoms with E-state index >= 15 is 0 Å². The number of furan rings is 1. The van der Waals surface area contributed by atoms with Crippen molar-refractivity contribution in [3.8, 4) is 11.1 Å². The molecule has 0 atom stereocenters. The molecule has 2 nitrogen and oxygen atoms in total. The summed E-state index contributed by atoms with van der Waals surface area (Å²) in [5, 5.41) is 4.93. The highest BCUT2D eigenvalue weighted by Crippen LogP contribution is 2.51. The number of fused-ring (bicyclic) bond motifs is 9.